The van der Waals surface area contributed by atoms with Gasteiger partial charge in [0.05, 0.1) is 27.3 Å². The van der Waals surface area contributed by atoms with Crippen molar-refractivity contribution in [2.45, 2.75) is 78.3 Å². The Morgan fingerprint density at radius 3 is 2.42 bits per heavy atom. The van der Waals surface area contributed by atoms with Gasteiger partial charge in [0, 0.05) is 62.4 Å². The molecule has 2 N–H and O–H groups in total. The van der Waals surface area contributed by atoms with Gasteiger partial charge in [-0.2, -0.15) is 0 Å². The first-order valence-corrected chi connectivity index (χ1v) is 15.6. The first-order valence-electron chi connectivity index (χ1n) is 14.8. The molecule has 0 spiro atoms. The van der Waals surface area contributed by atoms with E-state index < -0.39 is 17.4 Å². The highest BCUT2D eigenvalue weighted by Crippen LogP contribution is 2.38. The molecule has 5 rings (SSSR count). The molecule has 1 aromatic heterocycles. The van der Waals surface area contributed by atoms with E-state index >= 15 is 0 Å². The lowest BCUT2D eigenvalue weighted by Gasteiger charge is -2.36. The number of fused-ring (bicyclic) bond motifs is 1. The topological polar surface area (TPSA) is 79.3 Å². The van der Waals surface area contributed by atoms with Crippen LogP contribution in [0.5, 0.6) is 0 Å². The van der Waals surface area contributed by atoms with Gasteiger partial charge < -0.3 is 20.1 Å². The molecule has 3 aromatic rings. The summed E-state index contributed by atoms with van der Waals surface area (Å²) in [5.74, 6) is -1.87. The Bertz CT molecular complexity index is 1550. The molecule has 1 saturated heterocycles. The Hall–Kier alpha value is -2.91. The Morgan fingerprint density at radius 2 is 1.79 bits per heavy atom. The number of piperidine rings is 1. The van der Waals surface area contributed by atoms with Gasteiger partial charge in [-0.15, -0.1) is 0 Å². The van der Waals surface area contributed by atoms with Gasteiger partial charge in [0.1, 0.15) is 5.82 Å². The lowest BCUT2D eigenvalue weighted by molar-refractivity contribution is -0.128. The molecule has 1 aliphatic heterocycles. The van der Waals surface area contributed by atoms with E-state index in [-0.39, 0.29) is 31.2 Å². The Morgan fingerprint density at radius 1 is 1.12 bits per heavy atom. The van der Waals surface area contributed by atoms with E-state index in [1.807, 2.05) is 38.5 Å². The molecule has 2 amide bonds. The number of rotatable bonds is 7. The highest BCUT2D eigenvalue weighted by molar-refractivity contribution is 6.36. The molecule has 2 aliphatic rings. The standard InChI is InChI=1S/C32H39Cl2F2N5O2/c1-18-8-10-41(11-9-18)25-14-26-24(12-22(25)29(42)38-20-15-32(35,36)16-20)39-27(40(26)5)13-21-23(33)7-6-19(28(21)34)17-37-30(43)31(2,3)4/h6-7,12,14,18,20H,8-11,13,15-17H2,1-5H3,(H,37,43)(H,38,42). The van der Waals surface area contributed by atoms with Gasteiger partial charge in [-0.25, -0.2) is 13.8 Å². The number of benzene rings is 2. The molecule has 0 bridgehead atoms. The first-order chi connectivity index (χ1) is 20.1. The molecular formula is C32H39Cl2F2N5O2. The van der Waals surface area contributed by atoms with Crippen molar-refractivity contribution in [1.82, 2.24) is 20.2 Å². The summed E-state index contributed by atoms with van der Waals surface area (Å²) in [5.41, 5.74) is 3.60. The summed E-state index contributed by atoms with van der Waals surface area (Å²) >= 11 is 13.4. The number of aryl methyl sites for hydroxylation is 1. The summed E-state index contributed by atoms with van der Waals surface area (Å²) in [6, 6.07) is 6.77. The van der Waals surface area contributed by atoms with E-state index in [0.717, 1.165) is 42.7 Å². The summed E-state index contributed by atoms with van der Waals surface area (Å²) in [7, 11) is 1.91. The van der Waals surface area contributed by atoms with Crippen LogP contribution in [0.4, 0.5) is 14.5 Å². The van der Waals surface area contributed by atoms with Crippen molar-refractivity contribution in [1.29, 1.82) is 0 Å². The number of amides is 2. The number of halogens is 4. The number of carbonyl (C=O) groups excluding carboxylic acids is 2. The van der Waals surface area contributed by atoms with Crippen molar-refractivity contribution < 1.29 is 18.4 Å². The van der Waals surface area contributed by atoms with Gasteiger partial charge in [0.25, 0.3) is 11.8 Å². The molecule has 11 heteroatoms. The Kier molecular flexibility index (Phi) is 8.71. The van der Waals surface area contributed by atoms with Crippen LogP contribution >= 0.6 is 23.2 Å². The van der Waals surface area contributed by atoms with E-state index in [9.17, 15) is 18.4 Å². The second-order valence-electron chi connectivity index (χ2n) is 13.2. The number of nitrogens with zero attached hydrogens (tertiary/aromatic N) is 3. The van der Waals surface area contributed by atoms with Crippen LogP contribution in [0.15, 0.2) is 24.3 Å². The summed E-state index contributed by atoms with van der Waals surface area (Å²) in [6.45, 7) is 9.65. The van der Waals surface area contributed by atoms with Crippen molar-refractivity contribution in [2.24, 2.45) is 18.4 Å². The molecule has 43 heavy (non-hydrogen) atoms. The predicted molar refractivity (Wildman–Crippen MR) is 167 cm³/mol. The molecular weight excluding hydrogens is 595 g/mol. The minimum absolute atomic E-state index is 0.0831. The molecule has 2 heterocycles. The molecule has 1 aliphatic carbocycles. The molecule has 0 radical (unpaired) electrons. The molecule has 1 saturated carbocycles. The van der Waals surface area contributed by atoms with Gasteiger partial charge in [-0.3, -0.25) is 9.59 Å². The van der Waals surface area contributed by atoms with Crippen LogP contribution in [0, 0.1) is 11.3 Å². The predicted octanol–water partition coefficient (Wildman–Crippen LogP) is 6.90. The summed E-state index contributed by atoms with van der Waals surface area (Å²) in [4.78, 5) is 32.9. The smallest absolute Gasteiger partial charge is 0.253 e. The van der Waals surface area contributed by atoms with E-state index in [1.54, 1.807) is 18.2 Å². The number of carbonyl (C=O) groups is 2. The van der Waals surface area contributed by atoms with E-state index in [4.69, 9.17) is 28.2 Å². The quantitative estimate of drug-likeness (QED) is 0.297. The third-order valence-electron chi connectivity index (χ3n) is 8.61. The number of hydrogen-bond donors (Lipinski definition) is 2. The van der Waals surface area contributed by atoms with Crippen molar-refractivity contribution >= 4 is 51.7 Å². The van der Waals surface area contributed by atoms with E-state index in [0.29, 0.717) is 44.9 Å². The molecule has 2 fully saturated rings. The van der Waals surface area contributed by atoms with Gasteiger partial charge >= 0.3 is 0 Å². The van der Waals surface area contributed by atoms with Crippen molar-refractivity contribution in [3.63, 3.8) is 0 Å². The summed E-state index contributed by atoms with van der Waals surface area (Å²) in [5, 5.41) is 6.70. The third kappa shape index (κ3) is 6.78. The molecule has 0 atom stereocenters. The summed E-state index contributed by atoms with van der Waals surface area (Å²) < 4.78 is 28.9. The maximum Gasteiger partial charge on any atom is 0.253 e. The number of nitrogens with one attached hydrogen (secondary N) is 2. The molecule has 0 unspecified atom stereocenters. The van der Waals surface area contributed by atoms with E-state index in [2.05, 4.69) is 22.5 Å². The third-order valence-corrected chi connectivity index (χ3v) is 9.43. The van der Waals surface area contributed by atoms with Crippen LogP contribution in [0.25, 0.3) is 11.0 Å². The van der Waals surface area contributed by atoms with Crippen molar-refractivity contribution in [3.05, 3.63) is 56.8 Å². The van der Waals surface area contributed by atoms with Gasteiger partial charge in [-0.1, -0.05) is 57.0 Å². The normalized spacial score (nSPS) is 17.7. The van der Waals surface area contributed by atoms with Crippen LogP contribution < -0.4 is 15.5 Å². The Labute approximate surface area is 261 Å². The fourth-order valence-electron chi connectivity index (χ4n) is 5.70. The van der Waals surface area contributed by atoms with Gasteiger partial charge in [0.2, 0.25) is 5.91 Å². The monoisotopic (exact) mass is 633 g/mol. The maximum atomic E-state index is 13.5. The fraction of sp³-hybridized carbons (Fsp3) is 0.531. The fourth-order valence-corrected chi connectivity index (χ4v) is 6.27. The van der Waals surface area contributed by atoms with Crippen molar-refractivity contribution in [2.75, 3.05) is 18.0 Å². The second kappa shape index (κ2) is 11.9. The van der Waals surface area contributed by atoms with Crippen LogP contribution in [0.1, 0.15) is 80.7 Å². The van der Waals surface area contributed by atoms with Gasteiger partial charge in [-0.05, 0) is 48.1 Å². The average Bonchev–Trinajstić information content (AvgIpc) is 3.22. The zero-order chi connectivity index (χ0) is 31.3. The van der Waals surface area contributed by atoms with Crippen LogP contribution in [-0.2, 0) is 24.8 Å². The molecule has 2 aromatic carbocycles. The number of anilines is 1. The largest absolute Gasteiger partial charge is 0.371 e. The average molecular weight is 635 g/mol. The first kappa shape index (κ1) is 31.5. The zero-order valence-electron chi connectivity index (χ0n) is 25.3. The SMILES string of the molecule is CC1CCN(c2cc3c(cc2C(=O)NC2CC(F)(F)C2)nc(Cc2c(Cl)ccc(CNC(=O)C(C)(C)C)c2Cl)n3C)CC1. The minimum atomic E-state index is -2.72. The second-order valence-corrected chi connectivity index (χ2v) is 13.9. The van der Waals surface area contributed by atoms with Crippen LogP contribution in [-0.4, -0.2) is 46.4 Å². The highest BCUT2D eigenvalue weighted by Gasteiger charge is 2.46. The zero-order valence-corrected chi connectivity index (χ0v) is 26.8. The number of imidazole rings is 1. The lowest BCUT2D eigenvalue weighted by Crippen LogP contribution is -2.50. The number of alkyl halides is 2. The van der Waals surface area contributed by atoms with Crippen LogP contribution in [0.3, 0.4) is 0 Å². The van der Waals surface area contributed by atoms with Crippen molar-refractivity contribution in [3.8, 4) is 0 Å². The number of aromatic nitrogens is 2. The lowest BCUT2D eigenvalue weighted by atomic mass is 9.88. The highest BCUT2D eigenvalue weighted by atomic mass is 35.5. The summed E-state index contributed by atoms with van der Waals surface area (Å²) in [6.07, 6.45) is 1.67. The number of hydrogen-bond acceptors (Lipinski definition) is 4. The van der Waals surface area contributed by atoms with Gasteiger partial charge in [0.15, 0.2) is 0 Å². The Balaban J connectivity index is 1.47. The molecule has 232 valence electrons. The maximum absolute atomic E-state index is 13.5. The minimum Gasteiger partial charge on any atom is -0.371 e. The van der Waals surface area contributed by atoms with Crippen LogP contribution in [0.2, 0.25) is 10.0 Å². The van der Waals surface area contributed by atoms with E-state index in [1.165, 1.54) is 0 Å². The molecule has 7 nitrogen and oxygen atoms in total.